The van der Waals surface area contributed by atoms with Crippen molar-refractivity contribution in [3.8, 4) is 11.5 Å². The molecule has 23 heavy (non-hydrogen) atoms. The lowest BCUT2D eigenvalue weighted by Crippen LogP contribution is -2.33. The molecule has 2 rings (SSSR count). The average molecular weight is 323 g/mol. The Morgan fingerprint density at radius 1 is 1.22 bits per heavy atom. The maximum Gasteiger partial charge on any atom is 0.341 e. The smallest absolute Gasteiger partial charge is 0.341 e. The van der Waals surface area contributed by atoms with Crippen molar-refractivity contribution in [2.24, 2.45) is 0 Å². The molecule has 1 saturated heterocycles. The third kappa shape index (κ3) is 4.85. The first-order chi connectivity index (χ1) is 11.1. The van der Waals surface area contributed by atoms with Crippen molar-refractivity contribution < 1.29 is 28.9 Å². The van der Waals surface area contributed by atoms with Crippen LogP contribution in [0.4, 0.5) is 0 Å². The highest BCUT2D eigenvalue weighted by molar-refractivity contribution is 5.95. The number of carbonyl (C=O) groups is 2. The lowest BCUT2D eigenvalue weighted by Gasteiger charge is -2.20. The van der Waals surface area contributed by atoms with Crippen molar-refractivity contribution in [1.29, 1.82) is 0 Å². The number of rotatable bonds is 6. The molecule has 7 nitrogen and oxygen atoms in total. The van der Waals surface area contributed by atoms with Gasteiger partial charge in [0, 0.05) is 25.3 Å². The fourth-order valence-electron chi connectivity index (χ4n) is 2.30. The topological polar surface area (TPSA) is 85.3 Å². The van der Waals surface area contributed by atoms with Gasteiger partial charge in [0.15, 0.2) is 18.1 Å². The molecule has 1 amide bonds. The predicted molar refractivity (Wildman–Crippen MR) is 82.1 cm³/mol. The van der Waals surface area contributed by atoms with Gasteiger partial charge in [0.2, 0.25) is 0 Å². The van der Waals surface area contributed by atoms with Crippen LogP contribution in [0.15, 0.2) is 18.2 Å². The van der Waals surface area contributed by atoms with Crippen LogP contribution in [0.25, 0.3) is 0 Å². The summed E-state index contributed by atoms with van der Waals surface area (Å²) in [5, 5.41) is 8.70. The first kappa shape index (κ1) is 17.1. The Labute approximate surface area is 134 Å². The van der Waals surface area contributed by atoms with Crippen molar-refractivity contribution in [3.05, 3.63) is 23.8 Å². The fourth-order valence-corrected chi connectivity index (χ4v) is 2.30. The molecule has 126 valence electrons. The van der Waals surface area contributed by atoms with Gasteiger partial charge in [0.05, 0.1) is 13.2 Å². The number of hydrogen-bond acceptors (Lipinski definition) is 5. The van der Waals surface area contributed by atoms with Gasteiger partial charge in [-0.25, -0.2) is 4.79 Å². The van der Waals surface area contributed by atoms with Crippen LogP contribution in [-0.4, -0.2) is 61.4 Å². The molecular formula is C16H21NO6. The van der Waals surface area contributed by atoms with Gasteiger partial charge in [-0.3, -0.25) is 4.79 Å². The van der Waals surface area contributed by atoms with E-state index in [1.54, 1.807) is 23.1 Å². The molecule has 0 aromatic heterocycles. The second kappa shape index (κ2) is 8.38. The molecular weight excluding hydrogens is 302 g/mol. The van der Waals surface area contributed by atoms with E-state index in [-0.39, 0.29) is 5.91 Å². The Morgan fingerprint density at radius 3 is 2.78 bits per heavy atom. The Bertz CT molecular complexity index is 552. The second-order valence-electron chi connectivity index (χ2n) is 5.04. The zero-order valence-electron chi connectivity index (χ0n) is 13.1. The summed E-state index contributed by atoms with van der Waals surface area (Å²) in [6, 6.07) is 4.78. The van der Waals surface area contributed by atoms with Crippen LogP contribution in [0.5, 0.6) is 11.5 Å². The molecule has 0 unspecified atom stereocenters. The van der Waals surface area contributed by atoms with E-state index in [1.165, 1.54) is 0 Å². The molecule has 0 aliphatic carbocycles. The molecule has 1 N–H and O–H groups in total. The minimum atomic E-state index is -1.07. The highest BCUT2D eigenvalue weighted by atomic mass is 16.5. The number of nitrogens with zero attached hydrogens (tertiary/aromatic N) is 1. The van der Waals surface area contributed by atoms with Gasteiger partial charge in [-0.1, -0.05) is 0 Å². The summed E-state index contributed by atoms with van der Waals surface area (Å²) in [7, 11) is 0. The molecule has 1 fully saturated rings. The van der Waals surface area contributed by atoms with Gasteiger partial charge >= 0.3 is 5.97 Å². The van der Waals surface area contributed by atoms with E-state index in [4.69, 9.17) is 19.3 Å². The summed E-state index contributed by atoms with van der Waals surface area (Å²) in [5.41, 5.74) is 0.484. The Hall–Kier alpha value is -2.28. The fraction of sp³-hybridized carbons (Fsp3) is 0.500. The summed E-state index contributed by atoms with van der Waals surface area (Å²) in [4.78, 5) is 24.9. The van der Waals surface area contributed by atoms with E-state index in [9.17, 15) is 9.59 Å². The van der Waals surface area contributed by atoms with E-state index in [0.717, 1.165) is 6.42 Å². The Morgan fingerprint density at radius 2 is 2.04 bits per heavy atom. The molecule has 0 spiro atoms. The van der Waals surface area contributed by atoms with Gasteiger partial charge in [-0.2, -0.15) is 0 Å². The molecule has 0 atom stereocenters. The molecule has 1 aromatic carbocycles. The predicted octanol–water partition coefficient (Wildman–Crippen LogP) is 1.41. The normalized spacial score (nSPS) is 14.9. The highest BCUT2D eigenvalue weighted by Crippen LogP contribution is 2.29. The van der Waals surface area contributed by atoms with Gasteiger partial charge in [0.25, 0.3) is 5.91 Å². The summed E-state index contributed by atoms with van der Waals surface area (Å²) >= 11 is 0. The van der Waals surface area contributed by atoms with Crippen LogP contribution in [0, 0.1) is 0 Å². The van der Waals surface area contributed by atoms with Crippen molar-refractivity contribution in [2.75, 3.05) is 39.5 Å². The van der Waals surface area contributed by atoms with E-state index >= 15 is 0 Å². The number of aliphatic carboxylic acids is 1. The first-order valence-electron chi connectivity index (χ1n) is 7.60. The molecule has 1 heterocycles. The quantitative estimate of drug-likeness (QED) is 0.852. The zero-order valence-corrected chi connectivity index (χ0v) is 13.1. The lowest BCUT2D eigenvalue weighted by atomic mass is 10.1. The summed E-state index contributed by atoms with van der Waals surface area (Å²) < 4.78 is 16.0. The largest absolute Gasteiger partial charge is 0.490 e. The van der Waals surface area contributed by atoms with E-state index < -0.39 is 12.6 Å². The van der Waals surface area contributed by atoms with Crippen LogP contribution in [0.1, 0.15) is 23.7 Å². The first-order valence-corrected chi connectivity index (χ1v) is 7.60. The van der Waals surface area contributed by atoms with E-state index in [0.29, 0.717) is 50.0 Å². The van der Waals surface area contributed by atoms with E-state index in [1.807, 2.05) is 6.92 Å². The van der Waals surface area contributed by atoms with Crippen LogP contribution < -0.4 is 9.47 Å². The molecule has 7 heteroatoms. The molecule has 1 aromatic rings. The third-order valence-corrected chi connectivity index (χ3v) is 3.35. The molecule has 1 aliphatic heterocycles. The van der Waals surface area contributed by atoms with Crippen LogP contribution >= 0.6 is 0 Å². The summed E-state index contributed by atoms with van der Waals surface area (Å²) in [5.74, 6) is -0.492. The average Bonchev–Trinajstić information content (AvgIpc) is 2.82. The number of ether oxygens (including phenoxy) is 3. The number of carbonyl (C=O) groups excluding carboxylic acids is 1. The molecule has 0 bridgehead atoms. The molecule has 0 saturated carbocycles. The maximum absolute atomic E-state index is 12.6. The van der Waals surface area contributed by atoms with Crippen molar-refractivity contribution in [3.63, 3.8) is 0 Å². The number of carboxylic acids is 1. The number of hydrogen-bond donors (Lipinski definition) is 1. The van der Waals surface area contributed by atoms with Crippen molar-refractivity contribution in [2.45, 2.75) is 13.3 Å². The van der Waals surface area contributed by atoms with Crippen molar-refractivity contribution >= 4 is 11.9 Å². The maximum atomic E-state index is 12.6. The summed E-state index contributed by atoms with van der Waals surface area (Å²) in [6.07, 6.45) is 0.809. The van der Waals surface area contributed by atoms with Gasteiger partial charge in [0.1, 0.15) is 0 Å². The number of amides is 1. The number of benzene rings is 1. The van der Waals surface area contributed by atoms with Gasteiger partial charge in [-0.05, 0) is 31.5 Å². The van der Waals surface area contributed by atoms with Crippen LogP contribution in [-0.2, 0) is 9.53 Å². The number of carboxylic acid groups (broad SMARTS) is 1. The monoisotopic (exact) mass is 323 g/mol. The minimum absolute atomic E-state index is 0.0961. The third-order valence-electron chi connectivity index (χ3n) is 3.35. The molecule has 1 aliphatic rings. The molecule has 0 radical (unpaired) electrons. The zero-order chi connectivity index (χ0) is 16.7. The lowest BCUT2D eigenvalue weighted by molar-refractivity contribution is -0.139. The van der Waals surface area contributed by atoms with Crippen LogP contribution in [0.3, 0.4) is 0 Å². The van der Waals surface area contributed by atoms with Gasteiger partial charge < -0.3 is 24.2 Å². The minimum Gasteiger partial charge on any atom is -0.490 e. The second-order valence-corrected chi connectivity index (χ2v) is 5.04. The van der Waals surface area contributed by atoms with Crippen LogP contribution in [0.2, 0.25) is 0 Å². The highest BCUT2D eigenvalue weighted by Gasteiger charge is 2.19. The Kier molecular flexibility index (Phi) is 6.22. The van der Waals surface area contributed by atoms with Gasteiger partial charge in [-0.15, -0.1) is 0 Å². The Balaban J connectivity index is 2.16. The summed E-state index contributed by atoms with van der Waals surface area (Å²) in [6.45, 7) is 4.14. The SMILES string of the molecule is CCOc1cc(C(=O)N2CCCOCC2)ccc1OCC(=O)O. The van der Waals surface area contributed by atoms with E-state index in [2.05, 4.69) is 0 Å². The van der Waals surface area contributed by atoms with Crippen molar-refractivity contribution in [1.82, 2.24) is 4.90 Å². The standard InChI is InChI=1S/C16H21NO6/c1-2-22-14-10-12(4-5-13(14)23-11-15(18)19)16(20)17-6-3-8-21-9-7-17/h4-5,10H,2-3,6-9,11H2,1H3,(H,18,19).